The highest BCUT2D eigenvalue weighted by Crippen LogP contribution is 2.33. The normalized spacial score (nSPS) is 13.7. The zero-order valence-electron chi connectivity index (χ0n) is 16.5. The molecular formula is C21H25FN4O2. The number of fused-ring (bicyclic) bond motifs is 1. The van der Waals surface area contributed by atoms with E-state index in [1.165, 1.54) is 6.07 Å². The number of amides is 1. The molecule has 0 saturated carbocycles. The van der Waals surface area contributed by atoms with Gasteiger partial charge < -0.3 is 19.9 Å². The number of aliphatic hydroxyl groups excluding tert-OH is 1. The summed E-state index contributed by atoms with van der Waals surface area (Å²) < 4.78 is 16.1. The van der Waals surface area contributed by atoms with E-state index in [0.717, 1.165) is 5.56 Å². The average molecular weight is 384 g/mol. The van der Waals surface area contributed by atoms with Crippen LogP contribution in [0.1, 0.15) is 29.8 Å². The zero-order valence-corrected chi connectivity index (χ0v) is 16.5. The number of rotatable bonds is 3. The van der Waals surface area contributed by atoms with Crippen LogP contribution in [0.4, 0.5) is 15.9 Å². The minimum atomic E-state index is -0.488. The fourth-order valence-electron chi connectivity index (χ4n) is 3.25. The van der Waals surface area contributed by atoms with Crippen molar-refractivity contribution in [1.29, 1.82) is 0 Å². The molecule has 1 fully saturated rings. The van der Waals surface area contributed by atoms with Crippen LogP contribution in [-0.2, 0) is 7.05 Å². The van der Waals surface area contributed by atoms with Crippen molar-refractivity contribution < 1.29 is 14.3 Å². The standard InChI is InChI=1S/C19H19FN4O2.C2H6/c1-11-5-6-15(14(20)8-11)22-18-16(19(26)24-9-12(25)10-24)13-4-3-7-21-17(13)23(18)2;1-2/h3-8,12,22,25H,9-10H2,1-2H3;1-2H3. The van der Waals surface area contributed by atoms with Gasteiger partial charge in [0.15, 0.2) is 0 Å². The molecular weight excluding hydrogens is 359 g/mol. The number of hydrogen-bond donors (Lipinski definition) is 2. The van der Waals surface area contributed by atoms with Gasteiger partial charge in [-0.3, -0.25) is 4.79 Å². The number of nitrogens with one attached hydrogen (secondary N) is 1. The van der Waals surface area contributed by atoms with E-state index in [0.29, 0.717) is 41.2 Å². The first-order valence-electron chi connectivity index (χ1n) is 9.39. The first kappa shape index (κ1) is 19.8. The maximum atomic E-state index is 14.3. The summed E-state index contributed by atoms with van der Waals surface area (Å²) in [7, 11) is 1.78. The highest BCUT2D eigenvalue weighted by atomic mass is 19.1. The summed E-state index contributed by atoms with van der Waals surface area (Å²) in [5.41, 5.74) is 2.17. The van der Waals surface area contributed by atoms with Crippen LogP contribution in [0.25, 0.3) is 11.0 Å². The summed E-state index contributed by atoms with van der Waals surface area (Å²) >= 11 is 0. The van der Waals surface area contributed by atoms with Crippen LogP contribution in [0, 0.1) is 12.7 Å². The lowest BCUT2D eigenvalue weighted by Crippen LogP contribution is -2.53. The average Bonchev–Trinajstić information content (AvgIpc) is 2.95. The Morgan fingerprint density at radius 2 is 2.00 bits per heavy atom. The molecule has 0 unspecified atom stereocenters. The molecule has 1 aliphatic heterocycles. The summed E-state index contributed by atoms with van der Waals surface area (Å²) in [6, 6.07) is 8.48. The molecule has 3 aromatic rings. The summed E-state index contributed by atoms with van der Waals surface area (Å²) in [6.45, 7) is 6.42. The van der Waals surface area contributed by atoms with Gasteiger partial charge in [-0.05, 0) is 36.8 Å². The van der Waals surface area contributed by atoms with E-state index >= 15 is 0 Å². The second-order valence-corrected chi connectivity index (χ2v) is 6.63. The highest BCUT2D eigenvalue weighted by Gasteiger charge is 2.33. The number of aromatic nitrogens is 2. The van der Waals surface area contributed by atoms with Crippen LogP contribution in [0.2, 0.25) is 0 Å². The zero-order chi connectivity index (χ0) is 20.4. The van der Waals surface area contributed by atoms with E-state index in [9.17, 15) is 14.3 Å². The van der Waals surface area contributed by atoms with Gasteiger partial charge in [-0.2, -0.15) is 0 Å². The second kappa shape index (κ2) is 7.98. The van der Waals surface area contributed by atoms with Crippen LogP contribution in [0.15, 0.2) is 36.5 Å². The molecule has 2 N–H and O–H groups in total. The summed E-state index contributed by atoms with van der Waals surface area (Å²) in [6.07, 6.45) is 1.17. The largest absolute Gasteiger partial charge is 0.389 e. The van der Waals surface area contributed by atoms with Crippen molar-refractivity contribution in [3.8, 4) is 0 Å². The van der Waals surface area contributed by atoms with Crippen molar-refractivity contribution in [3.63, 3.8) is 0 Å². The van der Waals surface area contributed by atoms with Gasteiger partial charge in [0.25, 0.3) is 5.91 Å². The lowest BCUT2D eigenvalue weighted by atomic mass is 10.1. The lowest BCUT2D eigenvalue weighted by Gasteiger charge is -2.36. The fourth-order valence-corrected chi connectivity index (χ4v) is 3.25. The number of aliphatic hydroxyl groups is 1. The van der Waals surface area contributed by atoms with Crippen molar-refractivity contribution >= 4 is 28.4 Å². The van der Waals surface area contributed by atoms with Gasteiger partial charge in [-0.15, -0.1) is 0 Å². The third kappa shape index (κ3) is 3.45. The van der Waals surface area contributed by atoms with Gasteiger partial charge in [0.05, 0.1) is 17.4 Å². The van der Waals surface area contributed by atoms with E-state index in [2.05, 4.69) is 10.3 Å². The fraction of sp³-hybridized carbons (Fsp3) is 0.333. The Labute approximate surface area is 163 Å². The van der Waals surface area contributed by atoms with E-state index in [1.807, 2.05) is 26.8 Å². The Morgan fingerprint density at radius 3 is 2.64 bits per heavy atom. The molecule has 4 rings (SSSR count). The first-order valence-corrected chi connectivity index (χ1v) is 9.39. The molecule has 148 valence electrons. The first-order chi connectivity index (χ1) is 13.5. The minimum Gasteiger partial charge on any atom is -0.389 e. The molecule has 1 aromatic carbocycles. The molecule has 6 nitrogen and oxygen atoms in total. The number of hydrogen-bond acceptors (Lipinski definition) is 4. The van der Waals surface area contributed by atoms with Crippen molar-refractivity contribution in [3.05, 3.63) is 53.5 Å². The van der Waals surface area contributed by atoms with E-state index in [4.69, 9.17) is 0 Å². The molecule has 28 heavy (non-hydrogen) atoms. The number of carbonyl (C=O) groups is 1. The smallest absolute Gasteiger partial charge is 0.258 e. The Kier molecular flexibility index (Phi) is 5.65. The predicted octanol–water partition coefficient (Wildman–Crippen LogP) is 3.61. The van der Waals surface area contributed by atoms with Gasteiger partial charge in [-0.25, -0.2) is 9.37 Å². The SMILES string of the molecule is CC.Cc1ccc(Nc2c(C(=O)N3CC(O)C3)c3cccnc3n2C)c(F)c1. The molecule has 1 saturated heterocycles. The number of β-amino-alcohol motifs (C(OH)–C–C–N with tert-alkyl or cyclic N) is 1. The Morgan fingerprint density at radius 1 is 1.29 bits per heavy atom. The Bertz CT molecular complexity index is 1010. The molecule has 2 aromatic heterocycles. The van der Waals surface area contributed by atoms with Crippen LogP contribution >= 0.6 is 0 Å². The van der Waals surface area contributed by atoms with Crippen molar-refractivity contribution in [2.75, 3.05) is 18.4 Å². The van der Waals surface area contributed by atoms with E-state index < -0.39 is 6.10 Å². The number of likely N-dealkylation sites (tertiary alicyclic amines) is 1. The third-order valence-corrected chi connectivity index (χ3v) is 4.69. The highest BCUT2D eigenvalue weighted by molar-refractivity contribution is 6.12. The second-order valence-electron chi connectivity index (χ2n) is 6.63. The van der Waals surface area contributed by atoms with Crippen LogP contribution in [-0.4, -0.2) is 44.7 Å². The van der Waals surface area contributed by atoms with Gasteiger partial charge in [-0.1, -0.05) is 19.9 Å². The Hall–Kier alpha value is -2.93. The molecule has 1 aliphatic rings. The number of pyridine rings is 1. The van der Waals surface area contributed by atoms with Crippen molar-refractivity contribution in [2.24, 2.45) is 7.05 Å². The number of halogens is 1. The predicted molar refractivity (Wildman–Crippen MR) is 108 cm³/mol. The van der Waals surface area contributed by atoms with Crippen LogP contribution in [0.3, 0.4) is 0 Å². The monoisotopic (exact) mass is 384 g/mol. The Balaban J connectivity index is 0.00000109. The third-order valence-electron chi connectivity index (χ3n) is 4.69. The molecule has 0 aliphatic carbocycles. The lowest BCUT2D eigenvalue weighted by molar-refractivity contribution is 0.00608. The molecule has 0 radical (unpaired) electrons. The maximum Gasteiger partial charge on any atom is 0.258 e. The summed E-state index contributed by atoms with van der Waals surface area (Å²) in [4.78, 5) is 18.9. The van der Waals surface area contributed by atoms with E-state index in [-0.39, 0.29) is 11.7 Å². The topological polar surface area (TPSA) is 70.4 Å². The molecule has 1 amide bonds. The van der Waals surface area contributed by atoms with E-state index in [1.54, 1.807) is 40.9 Å². The van der Waals surface area contributed by atoms with Crippen LogP contribution in [0.5, 0.6) is 0 Å². The van der Waals surface area contributed by atoms with Gasteiger partial charge in [0, 0.05) is 31.7 Å². The number of aryl methyl sites for hydroxylation is 2. The number of anilines is 2. The molecule has 0 atom stereocenters. The maximum absolute atomic E-state index is 14.3. The summed E-state index contributed by atoms with van der Waals surface area (Å²) in [5.74, 6) is -0.113. The van der Waals surface area contributed by atoms with Gasteiger partial charge in [0.1, 0.15) is 17.3 Å². The van der Waals surface area contributed by atoms with Crippen LogP contribution < -0.4 is 5.32 Å². The minimum absolute atomic E-state index is 0.205. The molecule has 0 spiro atoms. The number of carbonyl (C=O) groups excluding carboxylic acids is 1. The van der Waals surface area contributed by atoms with Gasteiger partial charge in [0.2, 0.25) is 0 Å². The number of benzene rings is 1. The van der Waals surface area contributed by atoms with Gasteiger partial charge >= 0.3 is 0 Å². The summed E-state index contributed by atoms with van der Waals surface area (Å²) in [5, 5.41) is 13.3. The molecule has 3 heterocycles. The molecule has 0 bridgehead atoms. The van der Waals surface area contributed by atoms with Crippen molar-refractivity contribution in [2.45, 2.75) is 26.9 Å². The van der Waals surface area contributed by atoms with Crippen molar-refractivity contribution in [1.82, 2.24) is 14.5 Å². The molecule has 7 heteroatoms. The quantitative estimate of drug-likeness (QED) is 0.724. The number of nitrogens with zero attached hydrogens (tertiary/aromatic N) is 3.